The van der Waals surface area contributed by atoms with Crippen molar-refractivity contribution in [2.24, 2.45) is 0 Å². The van der Waals surface area contributed by atoms with Gasteiger partial charge in [0.25, 0.3) is 0 Å². The molecule has 0 bridgehead atoms. The van der Waals surface area contributed by atoms with Crippen molar-refractivity contribution in [2.75, 3.05) is 0 Å². The minimum atomic E-state index is -0.214. The van der Waals surface area contributed by atoms with E-state index in [4.69, 9.17) is 0 Å². The maximum Gasteiger partial charge on any atom is 0.123 e. The third-order valence-corrected chi connectivity index (χ3v) is 3.05. The minimum absolute atomic E-state index is 0.214. The lowest BCUT2D eigenvalue weighted by molar-refractivity contribution is 0.624. The van der Waals surface area contributed by atoms with Crippen molar-refractivity contribution in [3.05, 3.63) is 71.8 Å². The summed E-state index contributed by atoms with van der Waals surface area (Å²) in [7, 11) is 0. The molecule has 1 heterocycles. The molecule has 3 aromatic rings. The summed E-state index contributed by atoms with van der Waals surface area (Å²) in [4.78, 5) is 8.90. The van der Waals surface area contributed by atoms with Gasteiger partial charge in [-0.25, -0.2) is 9.37 Å². The first kappa shape index (κ1) is 12.7. The average molecular weight is 267 g/mol. The van der Waals surface area contributed by atoms with E-state index in [0.29, 0.717) is 13.1 Å². The lowest BCUT2D eigenvalue weighted by Gasteiger charge is -2.05. The number of rotatable bonds is 4. The van der Waals surface area contributed by atoms with E-state index in [1.165, 1.54) is 12.1 Å². The van der Waals surface area contributed by atoms with E-state index >= 15 is 0 Å². The summed E-state index contributed by atoms with van der Waals surface area (Å²) in [6.07, 6.45) is 1.78. The van der Waals surface area contributed by atoms with E-state index in [2.05, 4.69) is 15.3 Å². The van der Waals surface area contributed by atoms with Gasteiger partial charge in [0.2, 0.25) is 0 Å². The van der Waals surface area contributed by atoms with E-state index in [1.54, 1.807) is 18.3 Å². The summed E-state index contributed by atoms with van der Waals surface area (Å²) >= 11 is 0. The summed E-state index contributed by atoms with van der Waals surface area (Å²) in [5.41, 5.74) is 3.73. The Labute approximate surface area is 116 Å². The average Bonchev–Trinajstić information content (AvgIpc) is 2.49. The van der Waals surface area contributed by atoms with Gasteiger partial charge in [-0.3, -0.25) is 4.98 Å². The Balaban J connectivity index is 1.63. The summed E-state index contributed by atoms with van der Waals surface area (Å²) in [5.74, 6) is -0.214. The first-order valence-electron chi connectivity index (χ1n) is 6.47. The van der Waals surface area contributed by atoms with Crippen LogP contribution in [0, 0.1) is 5.82 Å². The molecule has 0 aliphatic heterocycles. The zero-order valence-electron chi connectivity index (χ0n) is 10.9. The molecule has 0 amide bonds. The van der Waals surface area contributed by atoms with Gasteiger partial charge in [0.15, 0.2) is 0 Å². The Kier molecular flexibility index (Phi) is 3.65. The first-order chi connectivity index (χ1) is 9.81. The molecule has 3 nitrogen and oxygen atoms in total. The fourth-order valence-electron chi connectivity index (χ4n) is 2.02. The van der Waals surface area contributed by atoms with Crippen molar-refractivity contribution in [2.45, 2.75) is 13.1 Å². The van der Waals surface area contributed by atoms with Gasteiger partial charge >= 0.3 is 0 Å². The predicted molar refractivity (Wildman–Crippen MR) is 76.5 cm³/mol. The maximum absolute atomic E-state index is 12.8. The van der Waals surface area contributed by atoms with Crippen LogP contribution in [0.25, 0.3) is 11.0 Å². The number of nitrogens with zero attached hydrogens (tertiary/aromatic N) is 2. The van der Waals surface area contributed by atoms with Crippen LogP contribution in [0.4, 0.5) is 4.39 Å². The number of halogens is 1. The maximum atomic E-state index is 12.8. The van der Waals surface area contributed by atoms with E-state index in [-0.39, 0.29) is 5.82 Å². The molecular weight excluding hydrogens is 253 g/mol. The lowest BCUT2D eigenvalue weighted by atomic mass is 10.2. The Morgan fingerprint density at radius 2 is 1.65 bits per heavy atom. The highest BCUT2D eigenvalue weighted by Gasteiger charge is 1.99. The number of aromatic nitrogens is 2. The summed E-state index contributed by atoms with van der Waals surface area (Å²) in [5, 5.41) is 3.28. The molecule has 3 rings (SSSR count). The number of para-hydroxylation sites is 2. The molecule has 0 unspecified atom stereocenters. The van der Waals surface area contributed by atoms with Crippen LogP contribution in [0.3, 0.4) is 0 Å². The van der Waals surface area contributed by atoms with E-state index < -0.39 is 0 Å². The summed E-state index contributed by atoms with van der Waals surface area (Å²) in [6, 6.07) is 14.3. The van der Waals surface area contributed by atoms with Crippen molar-refractivity contribution in [1.29, 1.82) is 0 Å². The number of hydrogen-bond acceptors (Lipinski definition) is 3. The molecule has 0 saturated heterocycles. The monoisotopic (exact) mass is 267 g/mol. The number of fused-ring (bicyclic) bond motifs is 1. The standard InChI is InChI=1S/C16H14FN3/c17-13-7-5-12(6-8-13)9-18-10-14-11-19-15-3-1-2-4-16(15)20-14/h1-8,11,18H,9-10H2. The Hall–Kier alpha value is -2.33. The SMILES string of the molecule is Fc1ccc(CNCc2cnc3ccccc3n2)cc1. The van der Waals surface area contributed by atoms with E-state index in [9.17, 15) is 4.39 Å². The van der Waals surface area contributed by atoms with Gasteiger partial charge in [0.05, 0.1) is 22.9 Å². The van der Waals surface area contributed by atoms with Crippen LogP contribution < -0.4 is 5.32 Å². The predicted octanol–water partition coefficient (Wildman–Crippen LogP) is 3.06. The zero-order chi connectivity index (χ0) is 13.8. The third-order valence-electron chi connectivity index (χ3n) is 3.05. The summed E-state index contributed by atoms with van der Waals surface area (Å²) < 4.78 is 12.8. The molecule has 0 spiro atoms. The smallest absolute Gasteiger partial charge is 0.123 e. The normalized spacial score (nSPS) is 10.8. The van der Waals surface area contributed by atoms with Gasteiger partial charge in [-0.2, -0.15) is 0 Å². The van der Waals surface area contributed by atoms with Crippen molar-refractivity contribution in [1.82, 2.24) is 15.3 Å². The van der Waals surface area contributed by atoms with Crippen molar-refractivity contribution >= 4 is 11.0 Å². The van der Waals surface area contributed by atoms with Crippen LogP contribution in [-0.4, -0.2) is 9.97 Å². The molecule has 100 valence electrons. The lowest BCUT2D eigenvalue weighted by Crippen LogP contribution is -2.14. The Bertz CT molecular complexity index is 710. The van der Waals surface area contributed by atoms with Crippen LogP contribution in [0.2, 0.25) is 0 Å². The van der Waals surface area contributed by atoms with Crippen molar-refractivity contribution in [3.8, 4) is 0 Å². The molecule has 0 saturated carbocycles. The van der Waals surface area contributed by atoms with Crippen LogP contribution >= 0.6 is 0 Å². The van der Waals surface area contributed by atoms with Gasteiger partial charge in [-0.05, 0) is 29.8 Å². The largest absolute Gasteiger partial charge is 0.307 e. The second-order valence-corrected chi connectivity index (χ2v) is 4.58. The molecule has 4 heteroatoms. The van der Waals surface area contributed by atoms with Crippen LogP contribution in [0.15, 0.2) is 54.7 Å². The number of benzene rings is 2. The topological polar surface area (TPSA) is 37.8 Å². The molecule has 20 heavy (non-hydrogen) atoms. The molecule has 0 aliphatic rings. The van der Waals surface area contributed by atoms with E-state index in [1.807, 2.05) is 24.3 Å². The number of hydrogen-bond donors (Lipinski definition) is 1. The quantitative estimate of drug-likeness (QED) is 0.789. The van der Waals surface area contributed by atoms with E-state index in [0.717, 1.165) is 22.3 Å². The highest BCUT2D eigenvalue weighted by atomic mass is 19.1. The van der Waals surface area contributed by atoms with Gasteiger partial charge < -0.3 is 5.32 Å². The van der Waals surface area contributed by atoms with Crippen LogP contribution in [-0.2, 0) is 13.1 Å². The molecule has 0 radical (unpaired) electrons. The minimum Gasteiger partial charge on any atom is -0.307 e. The fourth-order valence-corrected chi connectivity index (χ4v) is 2.02. The van der Waals surface area contributed by atoms with Crippen molar-refractivity contribution in [3.63, 3.8) is 0 Å². The molecular formula is C16H14FN3. The second-order valence-electron chi connectivity index (χ2n) is 4.58. The molecule has 0 fully saturated rings. The molecule has 2 aromatic carbocycles. The van der Waals surface area contributed by atoms with Crippen molar-refractivity contribution < 1.29 is 4.39 Å². The van der Waals surface area contributed by atoms with Crippen LogP contribution in [0.5, 0.6) is 0 Å². The first-order valence-corrected chi connectivity index (χ1v) is 6.47. The molecule has 0 atom stereocenters. The van der Waals surface area contributed by atoms with Gasteiger partial charge in [0.1, 0.15) is 5.82 Å². The zero-order valence-corrected chi connectivity index (χ0v) is 10.9. The molecule has 1 N–H and O–H groups in total. The Morgan fingerprint density at radius 3 is 2.45 bits per heavy atom. The van der Waals surface area contributed by atoms with Gasteiger partial charge in [-0.1, -0.05) is 24.3 Å². The van der Waals surface area contributed by atoms with Gasteiger partial charge in [0, 0.05) is 13.1 Å². The Morgan fingerprint density at radius 1 is 0.900 bits per heavy atom. The fraction of sp³-hybridized carbons (Fsp3) is 0.125. The summed E-state index contributed by atoms with van der Waals surface area (Å²) in [6.45, 7) is 1.31. The highest BCUT2D eigenvalue weighted by molar-refractivity contribution is 5.73. The second kappa shape index (κ2) is 5.75. The highest BCUT2D eigenvalue weighted by Crippen LogP contribution is 2.08. The molecule has 1 aromatic heterocycles. The third kappa shape index (κ3) is 2.97. The number of nitrogens with one attached hydrogen (secondary N) is 1. The van der Waals surface area contributed by atoms with Gasteiger partial charge in [-0.15, -0.1) is 0 Å². The molecule has 0 aliphatic carbocycles. The van der Waals surface area contributed by atoms with Crippen LogP contribution in [0.1, 0.15) is 11.3 Å².